The van der Waals surface area contributed by atoms with Gasteiger partial charge in [0.05, 0.1) is 17.0 Å². The first-order chi connectivity index (χ1) is 16.0. The van der Waals surface area contributed by atoms with Crippen molar-refractivity contribution in [2.24, 2.45) is 5.92 Å². The van der Waals surface area contributed by atoms with Crippen LogP contribution in [0.2, 0.25) is 0 Å². The molecule has 0 bridgehead atoms. The van der Waals surface area contributed by atoms with Gasteiger partial charge in [0.1, 0.15) is 24.2 Å². The molecule has 7 heteroatoms. The van der Waals surface area contributed by atoms with Crippen LogP contribution in [0.1, 0.15) is 48.4 Å². The maximum Gasteiger partial charge on any atom is 0.160 e. The Balaban J connectivity index is 1.72. The van der Waals surface area contributed by atoms with Gasteiger partial charge < -0.3 is 19.7 Å². The Morgan fingerprint density at radius 2 is 1.97 bits per heavy atom. The summed E-state index contributed by atoms with van der Waals surface area (Å²) in [5.74, 6) is 2.79. The topological polar surface area (TPSA) is 93.3 Å². The molecule has 33 heavy (non-hydrogen) atoms. The highest BCUT2D eigenvalue weighted by Gasteiger charge is 2.23. The molecule has 1 unspecified atom stereocenters. The molecule has 0 radical (unpaired) electrons. The van der Waals surface area contributed by atoms with Crippen molar-refractivity contribution >= 4 is 0 Å². The van der Waals surface area contributed by atoms with Crippen molar-refractivity contribution in [1.82, 2.24) is 20.4 Å². The zero-order chi connectivity index (χ0) is 23.4. The molecule has 2 N–H and O–H groups in total. The van der Waals surface area contributed by atoms with Crippen molar-refractivity contribution in [3.05, 3.63) is 47.0 Å². The van der Waals surface area contributed by atoms with Crippen molar-refractivity contribution < 1.29 is 14.4 Å². The Hall–Kier alpha value is -2.77. The molecule has 1 saturated carbocycles. The lowest BCUT2D eigenvalue weighted by atomic mass is 9.96. The molecule has 1 aromatic carbocycles. The van der Waals surface area contributed by atoms with Crippen molar-refractivity contribution in [1.29, 1.82) is 0 Å². The summed E-state index contributed by atoms with van der Waals surface area (Å²) in [6, 6.07) is 7.76. The highest BCUT2D eigenvalue weighted by molar-refractivity contribution is 5.71. The van der Waals surface area contributed by atoms with Crippen LogP contribution in [-0.2, 0) is 6.42 Å². The van der Waals surface area contributed by atoms with Crippen LogP contribution >= 0.6 is 0 Å². The van der Waals surface area contributed by atoms with E-state index in [-0.39, 0.29) is 6.61 Å². The average molecular weight is 451 g/mol. The third kappa shape index (κ3) is 5.42. The number of aromatic nitrogens is 3. The number of benzene rings is 1. The first-order valence-corrected chi connectivity index (χ1v) is 11.8. The van der Waals surface area contributed by atoms with Gasteiger partial charge >= 0.3 is 0 Å². The molecule has 1 aliphatic carbocycles. The molecule has 1 fully saturated rings. The van der Waals surface area contributed by atoms with Gasteiger partial charge in [0.25, 0.3) is 0 Å². The van der Waals surface area contributed by atoms with Gasteiger partial charge in [-0.2, -0.15) is 0 Å². The van der Waals surface area contributed by atoms with Gasteiger partial charge in [0.15, 0.2) is 5.82 Å². The van der Waals surface area contributed by atoms with E-state index in [0.29, 0.717) is 24.0 Å². The summed E-state index contributed by atoms with van der Waals surface area (Å²) in [4.78, 5) is 10.0. The SMILES string of the molecule is CNCC(O)COc1cccc(-c2nc(CC3CCCC3)c(C)c(-c3c(C)noc3C)n2)c1. The third-order valence-corrected chi connectivity index (χ3v) is 6.45. The van der Waals surface area contributed by atoms with Crippen molar-refractivity contribution in [3.63, 3.8) is 0 Å². The lowest BCUT2D eigenvalue weighted by Gasteiger charge is -2.16. The molecule has 2 aromatic heterocycles. The zero-order valence-electron chi connectivity index (χ0n) is 20.0. The molecule has 4 rings (SSSR count). The second-order valence-corrected chi connectivity index (χ2v) is 9.07. The molecule has 1 atom stereocenters. The Morgan fingerprint density at radius 1 is 1.18 bits per heavy atom. The summed E-state index contributed by atoms with van der Waals surface area (Å²) in [5, 5.41) is 17.1. The number of aryl methyl sites for hydroxylation is 2. The van der Waals surface area contributed by atoms with E-state index in [0.717, 1.165) is 46.0 Å². The van der Waals surface area contributed by atoms with Crippen molar-refractivity contribution in [3.8, 4) is 28.4 Å². The Morgan fingerprint density at radius 3 is 2.67 bits per heavy atom. The minimum Gasteiger partial charge on any atom is -0.491 e. The molecular formula is C26H34N4O3. The van der Waals surface area contributed by atoms with Gasteiger partial charge in [-0.05, 0) is 57.9 Å². The lowest BCUT2D eigenvalue weighted by Crippen LogP contribution is -2.29. The van der Waals surface area contributed by atoms with Crippen LogP contribution in [0.4, 0.5) is 0 Å². The number of rotatable bonds is 9. The van der Waals surface area contributed by atoms with E-state index >= 15 is 0 Å². The molecule has 2 heterocycles. The first kappa shape index (κ1) is 23.4. The molecule has 176 valence electrons. The summed E-state index contributed by atoms with van der Waals surface area (Å²) in [6.07, 6.45) is 5.52. The molecule has 1 aliphatic rings. The quantitative estimate of drug-likeness (QED) is 0.498. The maximum atomic E-state index is 9.97. The first-order valence-electron chi connectivity index (χ1n) is 11.8. The number of nitrogens with zero attached hydrogens (tertiary/aromatic N) is 3. The third-order valence-electron chi connectivity index (χ3n) is 6.45. The zero-order valence-corrected chi connectivity index (χ0v) is 20.0. The summed E-state index contributed by atoms with van der Waals surface area (Å²) in [7, 11) is 1.80. The monoisotopic (exact) mass is 450 g/mol. The predicted molar refractivity (Wildman–Crippen MR) is 128 cm³/mol. The van der Waals surface area contributed by atoms with Gasteiger partial charge in [-0.25, -0.2) is 9.97 Å². The molecule has 0 spiro atoms. The van der Waals surface area contributed by atoms with Crippen molar-refractivity contribution in [2.75, 3.05) is 20.2 Å². The van der Waals surface area contributed by atoms with Crippen LogP contribution in [0.15, 0.2) is 28.8 Å². The molecule has 3 aromatic rings. The van der Waals surface area contributed by atoms with Gasteiger partial charge in [-0.1, -0.05) is 43.0 Å². The van der Waals surface area contributed by atoms with Crippen LogP contribution < -0.4 is 10.1 Å². The smallest absolute Gasteiger partial charge is 0.160 e. The summed E-state index contributed by atoms with van der Waals surface area (Å²) < 4.78 is 11.3. The fourth-order valence-electron chi connectivity index (χ4n) is 4.66. The Kier molecular flexibility index (Phi) is 7.40. The van der Waals surface area contributed by atoms with E-state index in [1.807, 2.05) is 38.1 Å². The molecule has 0 aliphatic heterocycles. The second kappa shape index (κ2) is 10.4. The van der Waals surface area contributed by atoms with Gasteiger partial charge in [0.2, 0.25) is 0 Å². The maximum absolute atomic E-state index is 9.97. The summed E-state index contributed by atoms with van der Waals surface area (Å²) >= 11 is 0. The lowest BCUT2D eigenvalue weighted by molar-refractivity contribution is 0.108. The molecule has 0 amide bonds. The fraction of sp³-hybridized carbons (Fsp3) is 0.500. The Labute approximate surface area is 195 Å². The van der Waals surface area contributed by atoms with Crippen molar-refractivity contribution in [2.45, 2.75) is 59.0 Å². The number of likely N-dealkylation sites (N-methyl/N-ethyl adjacent to an activating group) is 1. The standard InChI is InChI=1S/C26H34N4O3/c1-16-23(12-19-8-5-6-9-19)28-26(29-25(16)24-17(2)30-33-18(24)3)20-10-7-11-22(13-20)32-15-21(31)14-27-4/h7,10-11,13,19,21,27,31H,5-6,8-9,12,14-15H2,1-4H3. The molecular weight excluding hydrogens is 416 g/mol. The number of hydrogen-bond acceptors (Lipinski definition) is 7. The Bertz CT molecular complexity index is 1070. The van der Waals surface area contributed by atoms with Crippen LogP contribution in [0.25, 0.3) is 22.6 Å². The highest BCUT2D eigenvalue weighted by Crippen LogP contribution is 2.34. The summed E-state index contributed by atoms with van der Waals surface area (Å²) in [6.45, 7) is 6.69. The normalized spacial score (nSPS) is 15.2. The molecule has 7 nitrogen and oxygen atoms in total. The highest BCUT2D eigenvalue weighted by atomic mass is 16.5. The molecule has 0 saturated heterocycles. The van der Waals surface area contributed by atoms with E-state index in [2.05, 4.69) is 17.4 Å². The minimum absolute atomic E-state index is 0.219. The average Bonchev–Trinajstić information content (AvgIpc) is 3.44. The number of aliphatic hydroxyl groups excluding tert-OH is 1. The number of nitrogens with one attached hydrogen (secondary N) is 1. The van der Waals surface area contributed by atoms with Gasteiger partial charge in [0, 0.05) is 17.8 Å². The summed E-state index contributed by atoms with van der Waals surface area (Å²) in [5.41, 5.74) is 5.76. The largest absolute Gasteiger partial charge is 0.491 e. The minimum atomic E-state index is -0.571. The number of hydrogen-bond donors (Lipinski definition) is 2. The van der Waals surface area contributed by atoms with E-state index in [1.54, 1.807) is 7.05 Å². The van der Waals surface area contributed by atoms with Crippen LogP contribution in [-0.4, -0.2) is 46.5 Å². The predicted octanol–water partition coefficient (Wildman–Crippen LogP) is 4.42. The van der Waals surface area contributed by atoms with Gasteiger partial charge in [-0.3, -0.25) is 0 Å². The van der Waals surface area contributed by atoms with Crippen LogP contribution in [0, 0.1) is 26.7 Å². The van der Waals surface area contributed by atoms with E-state index in [9.17, 15) is 5.11 Å². The second-order valence-electron chi connectivity index (χ2n) is 9.07. The fourth-order valence-corrected chi connectivity index (χ4v) is 4.66. The number of ether oxygens (including phenoxy) is 1. The van der Waals surface area contributed by atoms with E-state index in [4.69, 9.17) is 19.2 Å². The number of aliphatic hydroxyl groups is 1. The van der Waals surface area contributed by atoms with E-state index < -0.39 is 6.10 Å². The van der Waals surface area contributed by atoms with Gasteiger partial charge in [-0.15, -0.1) is 0 Å². The van der Waals surface area contributed by atoms with Crippen LogP contribution in [0.3, 0.4) is 0 Å². The van der Waals surface area contributed by atoms with E-state index in [1.165, 1.54) is 25.7 Å². The van der Waals surface area contributed by atoms with Crippen LogP contribution in [0.5, 0.6) is 5.75 Å².